The average Bonchev–Trinajstić information content (AvgIpc) is 2.80. The van der Waals surface area contributed by atoms with E-state index < -0.39 is 11.4 Å². The molecule has 1 unspecified atom stereocenters. The van der Waals surface area contributed by atoms with Crippen LogP contribution in [0.25, 0.3) is 0 Å². The Labute approximate surface area is 104 Å². The van der Waals surface area contributed by atoms with Crippen molar-refractivity contribution < 1.29 is 13.9 Å². The number of anilines is 1. The second-order valence-corrected chi connectivity index (χ2v) is 4.44. The fourth-order valence-corrected chi connectivity index (χ4v) is 1.90. The first-order valence-electron chi connectivity index (χ1n) is 5.70. The highest BCUT2D eigenvalue weighted by Crippen LogP contribution is 2.27. The molecule has 1 aliphatic rings. The molecule has 1 aromatic rings. The second kappa shape index (κ2) is 4.75. The summed E-state index contributed by atoms with van der Waals surface area (Å²) in [6.45, 7) is 2.23. The van der Waals surface area contributed by atoms with Crippen molar-refractivity contribution in [1.82, 2.24) is 0 Å². The standard InChI is InChI=1S/C13H13FN2O2/c1-13(5-2-6-18-13)12(17)16-11-4-3-9(8-15)7-10(11)14/h3-4,7H,2,5-6H2,1H3,(H,16,17). The Morgan fingerprint density at radius 1 is 1.61 bits per heavy atom. The number of hydrogen-bond acceptors (Lipinski definition) is 3. The number of carbonyl (C=O) groups is 1. The van der Waals surface area contributed by atoms with Crippen molar-refractivity contribution >= 4 is 11.6 Å². The maximum Gasteiger partial charge on any atom is 0.256 e. The van der Waals surface area contributed by atoms with Crippen LogP contribution in [-0.2, 0) is 9.53 Å². The van der Waals surface area contributed by atoms with E-state index in [-0.39, 0.29) is 17.2 Å². The van der Waals surface area contributed by atoms with E-state index in [1.165, 1.54) is 12.1 Å². The van der Waals surface area contributed by atoms with Crippen LogP contribution in [0.3, 0.4) is 0 Å². The third-order valence-electron chi connectivity index (χ3n) is 3.05. The minimum atomic E-state index is -0.889. The van der Waals surface area contributed by atoms with Crippen LogP contribution < -0.4 is 5.32 Å². The third-order valence-corrected chi connectivity index (χ3v) is 3.05. The number of nitrogens with one attached hydrogen (secondary N) is 1. The van der Waals surface area contributed by atoms with Crippen molar-refractivity contribution in [2.24, 2.45) is 0 Å². The van der Waals surface area contributed by atoms with E-state index in [1.807, 2.05) is 6.07 Å². The largest absolute Gasteiger partial charge is 0.365 e. The van der Waals surface area contributed by atoms with Crippen LogP contribution in [0.15, 0.2) is 18.2 Å². The molecule has 0 aliphatic carbocycles. The molecule has 1 N–H and O–H groups in total. The molecule has 1 aromatic carbocycles. The molecule has 0 bridgehead atoms. The number of nitriles is 1. The molecule has 1 amide bonds. The van der Waals surface area contributed by atoms with Crippen molar-refractivity contribution in [1.29, 1.82) is 5.26 Å². The molecule has 1 aliphatic heterocycles. The van der Waals surface area contributed by atoms with E-state index >= 15 is 0 Å². The van der Waals surface area contributed by atoms with Crippen LogP contribution in [0.1, 0.15) is 25.3 Å². The monoisotopic (exact) mass is 248 g/mol. The normalized spacial score (nSPS) is 22.5. The van der Waals surface area contributed by atoms with Gasteiger partial charge in [-0.1, -0.05) is 0 Å². The summed E-state index contributed by atoms with van der Waals surface area (Å²) in [5, 5.41) is 11.1. The molecule has 0 aromatic heterocycles. The van der Waals surface area contributed by atoms with Crippen molar-refractivity contribution in [2.75, 3.05) is 11.9 Å². The summed E-state index contributed by atoms with van der Waals surface area (Å²) in [5.74, 6) is -0.979. The molecule has 0 spiro atoms. The predicted molar refractivity (Wildman–Crippen MR) is 63.3 cm³/mol. The topological polar surface area (TPSA) is 62.1 Å². The van der Waals surface area contributed by atoms with Gasteiger partial charge >= 0.3 is 0 Å². The van der Waals surface area contributed by atoms with E-state index in [0.29, 0.717) is 13.0 Å². The number of amides is 1. The Balaban J connectivity index is 2.15. The number of carbonyl (C=O) groups excluding carboxylic acids is 1. The van der Waals surface area contributed by atoms with Crippen LogP contribution in [0.2, 0.25) is 0 Å². The molecule has 1 saturated heterocycles. The average molecular weight is 248 g/mol. The predicted octanol–water partition coefficient (Wildman–Crippen LogP) is 2.20. The first kappa shape index (κ1) is 12.5. The molecule has 1 heterocycles. The molecule has 2 rings (SSSR count). The first-order chi connectivity index (χ1) is 8.55. The Bertz CT molecular complexity index is 516. The zero-order chi connectivity index (χ0) is 13.2. The maximum absolute atomic E-state index is 13.6. The number of halogens is 1. The summed E-state index contributed by atoms with van der Waals surface area (Å²) in [6.07, 6.45) is 1.44. The fraction of sp³-hybridized carbons (Fsp3) is 0.385. The highest BCUT2D eigenvalue weighted by molar-refractivity contribution is 5.97. The van der Waals surface area contributed by atoms with E-state index in [9.17, 15) is 9.18 Å². The summed E-state index contributed by atoms with van der Waals surface area (Å²) in [6, 6.07) is 5.76. The zero-order valence-corrected chi connectivity index (χ0v) is 10.00. The summed E-state index contributed by atoms with van der Waals surface area (Å²) >= 11 is 0. The molecule has 4 nitrogen and oxygen atoms in total. The van der Waals surface area contributed by atoms with Crippen molar-refractivity contribution in [3.8, 4) is 6.07 Å². The zero-order valence-electron chi connectivity index (χ0n) is 10.00. The lowest BCUT2D eigenvalue weighted by atomic mass is 10.0. The maximum atomic E-state index is 13.6. The Morgan fingerprint density at radius 2 is 2.39 bits per heavy atom. The highest BCUT2D eigenvalue weighted by atomic mass is 19.1. The highest BCUT2D eigenvalue weighted by Gasteiger charge is 2.37. The van der Waals surface area contributed by atoms with Crippen LogP contribution in [0, 0.1) is 17.1 Å². The van der Waals surface area contributed by atoms with Gasteiger partial charge in [-0.2, -0.15) is 5.26 Å². The van der Waals surface area contributed by atoms with E-state index in [2.05, 4.69) is 5.32 Å². The van der Waals surface area contributed by atoms with Gasteiger partial charge in [-0.05, 0) is 38.0 Å². The van der Waals surface area contributed by atoms with Gasteiger partial charge in [0, 0.05) is 6.61 Å². The minimum Gasteiger partial charge on any atom is -0.365 e. The lowest BCUT2D eigenvalue weighted by molar-refractivity contribution is -0.133. The summed E-state index contributed by atoms with van der Waals surface area (Å²) in [4.78, 5) is 12.0. The molecular formula is C13H13FN2O2. The van der Waals surface area contributed by atoms with Crippen LogP contribution in [0.5, 0.6) is 0 Å². The summed E-state index contributed by atoms with van der Waals surface area (Å²) in [7, 11) is 0. The van der Waals surface area contributed by atoms with Crippen LogP contribution >= 0.6 is 0 Å². The van der Waals surface area contributed by atoms with Gasteiger partial charge in [0.15, 0.2) is 0 Å². The van der Waals surface area contributed by atoms with Gasteiger partial charge in [0.05, 0.1) is 17.3 Å². The summed E-state index contributed by atoms with van der Waals surface area (Å²) in [5.41, 5.74) is -0.607. The lowest BCUT2D eigenvalue weighted by Crippen LogP contribution is -2.39. The van der Waals surface area contributed by atoms with Crippen molar-refractivity contribution in [3.63, 3.8) is 0 Å². The van der Waals surface area contributed by atoms with Gasteiger partial charge in [0.1, 0.15) is 11.4 Å². The van der Waals surface area contributed by atoms with Crippen molar-refractivity contribution in [2.45, 2.75) is 25.4 Å². The van der Waals surface area contributed by atoms with Gasteiger partial charge in [0.25, 0.3) is 5.91 Å². The van der Waals surface area contributed by atoms with Gasteiger partial charge in [-0.25, -0.2) is 4.39 Å². The third kappa shape index (κ3) is 2.34. The Hall–Kier alpha value is -1.93. The fourth-order valence-electron chi connectivity index (χ4n) is 1.90. The van der Waals surface area contributed by atoms with E-state index in [1.54, 1.807) is 6.92 Å². The number of benzene rings is 1. The quantitative estimate of drug-likeness (QED) is 0.872. The minimum absolute atomic E-state index is 0.0655. The van der Waals surface area contributed by atoms with Crippen LogP contribution in [0.4, 0.5) is 10.1 Å². The van der Waals surface area contributed by atoms with Gasteiger partial charge in [0.2, 0.25) is 0 Å². The van der Waals surface area contributed by atoms with Crippen LogP contribution in [-0.4, -0.2) is 18.1 Å². The smallest absolute Gasteiger partial charge is 0.256 e. The van der Waals surface area contributed by atoms with Gasteiger partial charge < -0.3 is 10.1 Å². The number of ether oxygens (including phenoxy) is 1. The molecule has 0 saturated carbocycles. The number of rotatable bonds is 2. The van der Waals surface area contributed by atoms with Gasteiger partial charge in [-0.3, -0.25) is 4.79 Å². The summed E-state index contributed by atoms with van der Waals surface area (Å²) < 4.78 is 19.0. The molecule has 0 radical (unpaired) electrons. The first-order valence-corrected chi connectivity index (χ1v) is 5.70. The molecule has 1 atom stereocenters. The molecule has 18 heavy (non-hydrogen) atoms. The SMILES string of the molecule is CC1(C(=O)Nc2ccc(C#N)cc2F)CCCO1. The van der Waals surface area contributed by atoms with Gasteiger partial charge in [-0.15, -0.1) is 0 Å². The van der Waals surface area contributed by atoms with Crippen molar-refractivity contribution in [3.05, 3.63) is 29.6 Å². The Kier molecular flexibility index (Phi) is 3.30. The molecule has 5 heteroatoms. The number of hydrogen-bond donors (Lipinski definition) is 1. The van der Waals surface area contributed by atoms with E-state index in [4.69, 9.17) is 10.00 Å². The Morgan fingerprint density at radius 3 is 2.94 bits per heavy atom. The van der Waals surface area contributed by atoms with E-state index in [0.717, 1.165) is 12.5 Å². The molecular weight excluding hydrogens is 235 g/mol. The molecule has 1 fully saturated rings. The molecule has 94 valence electrons. The number of nitrogens with zero attached hydrogens (tertiary/aromatic N) is 1. The second-order valence-electron chi connectivity index (χ2n) is 4.44. The lowest BCUT2D eigenvalue weighted by Gasteiger charge is -2.22.